The molecule has 15 heteroatoms. The SMILES string of the molecule is COC(=O)c1cccc(OCCOCCOCCOCCNC(=O)[C@@H](NC(=O)OC(C)(C)C)C(=O)NCCC(=O)OC(C)(C)C)c1. The molecular formula is C31H49N3O12. The Morgan fingerprint density at radius 1 is 0.717 bits per heavy atom. The van der Waals surface area contributed by atoms with Crippen molar-refractivity contribution in [2.75, 3.05) is 66.4 Å². The van der Waals surface area contributed by atoms with Crippen LogP contribution in [0.4, 0.5) is 4.79 Å². The minimum Gasteiger partial charge on any atom is -0.491 e. The van der Waals surface area contributed by atoms with Gasteiger partial charge in [0.15, 0.2) is 6.04 Å². The van der Waals surface area contributed by atoms with Crippen molar-refractivity contribution in [3.05, 3.63) is 29.8 Å². The lowest BCUT2D eigenvalue weighted by molar-refractivity contribution is -0.154. The number of nitrogens with one attached hydrogen (secondary N) is 3. The van der Waals surface area contributed by atoms with Gasteiger partial charge < -0.3 is 49.1 Å². The van der Waals surface area contributed by atoms with Crippen molar-refractivity contribution in [2.24, 2.45) is 0 Å². The molecule has 1 rings (SSSR count). The van der Waals surface area contributed by atoms with E-state index in [9.17, 15) is 24.0 Å². The third kappa shape index (κ3) is 19.4. The number of carbonyl (C=O) groups excluding carboxylic acids is 5. The Kier molecular flexibility index (Phi) is 18.3. The highest BCUT2D eigenvalue weighted by atomic mass is 16.6. The molecule has 0 fully saturated rings. The predicted molar refractivity (Wildman–Crippen MR) is 165 cm³/mol. The number of ether oxygens (including phenoxy) is 7. The largest absolute Gasteiger partial charge is 0.491 e. The van der Waals surface area contributed by atoms with Crippen molar-refractivity contribution in [1.82, 2.24) is 16.0 Å². The molecule has 0 saturated heterocycles. The Balaban J connectivity index is 2.28. The van der Waals surface area contributed by atoms with Crippen LogP contribution in [0.15, 0.2) is 24.3 Å². The molecule has 15 nitrogen and oxygen atoms in total. The number of alkyl carbamates (subject to hydrolysis) is 1. The van der Waals surface area contributed by atoms with Crippen LogP contribution < -0.4 is 20.7 Å². The number of hydrogen-bond donors (Lipinski definition) is 3. The molecule has 0 unspecified atom stereocenters. The van der Waals surface area contributed by atoms with Gasteiger partial charge in [-0.15, -0.1) is 0 Å². The highest BCUT2D eigenvalue weighted by molar-refractivity contribution is 6.06. The second-order valence-electron chi connectivity index (χ2n) is 11.7. The fraction of sp³-hybridized carbons (Fsp3) is 0.645. The molecule has 260 valence electrons. The molecular weight excluding hydrogens is 606 g/mol. The van der Waals surface area contributed by atoms with Gasteiger partial charge in [-0.25, -0.2) is 9.59 Å². The molecule has 0 heterocycles. The van der Waals surface area contributed by atoms with Crippen LogP contribution in [0, 0.1) is 0 Å². The summed E-state index contributed by atoms with van der Waals surface area (Å²) < 4.78 is 36.9. The first kappa shape index (κ1) is 40.1. The van der Waals surface area contributed by atoms with Crippen LogP contribution in [0.1, 0.15) is 58.3 Å². The van der Waals surface area contributed by atoms with E-state index in [4.69, 9.17) is 28.4 Å². The van der Waals surface area contributed by atoms with E-state index in [0.29, 0.717) is 37.7 Å². The molecule has 0 aromatic heterocycles. The predicted octanol–water partition coefficient (Wildman–Crippen LogP) is 1.76. The summed E-state index contributed by atoms with van der Waals surface area (Å²) in [5, 5.41) is 7.25. The van der Waals surface area contributed by atoms with Crippen LogP contribution >= 0.6 is 0 Å². The molecule has 0 aliphatic rings. The fourth-order valence-electron chi connectivity index (χ4n) is 3.40. The molecule has 0 aliphatic heterocycles. The van der Waals surface area contributed by atoms with Gasteiger partial charge in [-0.05, 0) is 59.7 Å². The number of methoxy groups -OCH3 is 1. The third-order valence-electron chi connectivity index (χ3n) is 5.28. The fourth-order valence-corrected chi connectivity index (χ4v) is 3.40. The lowest BCUT2D eigenvalue weighted by Crippen LogP contribution is -2.56. The highest BCUT2D eigenvalue weighted by Crippen LogP contribution is 2.14. The van der Waals surface area contributed by atoms with Crippen molar-refractivity contribution < 1.29 is 57.1 Å². The monoisotopic (exact) mass is 655 g/mol. The van der Waals surface area contributed by atoms with E-state index < -0.39 is 47.1 Å². The van der Waals surface area contributed by atoms with Gasteiger partial charge in [0.05, 0.1) is 58.7 Å². The molecule has 0 aliphatic carbocycles. The Bertz CT molecular complexity index is 1110. The zero-order chi connectivity index (χ0) is 34.6. The van der Waals surface area contributed by atoms with Gasteiger partial charge in [0.2, 0.25) is 0 Å². The average molecular weight is 656 g/mol. The van der Waals surface area contributed by atoms with Gasteiger partial charge in [-0.3, -0.25) is 14.4 Å². The summed E-state index contributed by atoms with van der Waals surface area (Å²) in [6, 6.07) is 5.05. The quantitative estimate of drug-likeness (QED) is 0.0801. The minimum absolute atomic E-state index is 0.0577. The number of carbonyl (C=O) groups is 5. The van der Waals surface area contributed by atoms with Gasteiger partial charge in [0.1, 0.15) is 23.6 Å². The molecule has 1 aromatic carbocycles. The summed E-state index contributed by atoms with van der Waals surface area (Å²) in [6.07, 6.45) is -1.07. The molecule has 1 aromatic rings. The number of rotatable bonds is 20. The van der Waals surface area contributed by atoms with E-state index in [1.165, 1.54) is 7.11 Å². The first-order valence-corrected chi connectivity index (χ1v) is 14.9. The average Bonchev–Trinajstić information content (AvgIpc) is 2.95. The van der Waals surface area contributed by atoms with E-state index in [1.54, 1.807) is 65.8 Å². The number of esters is 2. The first-order valence-electron chi connectivity index (χ1n) is 14.9. The molecule has 3 N–H and O–H groups in total. The summed E-state index contributed by atoms with van der Waals surface area (Å²) in [4.78, 5) is 61.2. The van der Waals surface area contributed by atoms with Crippen molar-refractivity contribution >= 4 is 29.8 Å². The van der Waals surface area contributed by atoms with Crippen molar-refractivity contribution in [2.45, 2.75) is 65.2 Å². The van der Waals surface area contributed by atoms with E-state index in [1.807, 2.05) is 0 Å². The van der Waals surface area contributed by atoms with E-state index in [2.05, 4.69) is 20.7 Å². The van der Waals surface area contributed by atoms with Crippen molar-refractivity contribution in [3.8, 4) is 5.75 Å². The maximum Gasteiger partial charge on any atom is 0.408 e. The van der Waals surface area contributed by atoms with Gasteiger partial charge in [0.25, 0.3) is 11.8 Å². The van der Waals surface area contributed by atoms with Crippen LogP contribution in [0.25, 0.3) is 0 Å². The third-order valence-corrected chi connectivity index (χ3v) is 5.28. The highest BCUT2D eigenvalue weighted by Gasteiger charge is 2.30. The second kappa shape index (κ2) is 21.0. The summed E-state index contributed by atoms with van der Waals surface area (Å²) in [7, 11) is 1.31. The van der Waals surface area contributed by atoms with Crippen LogP contribution in [0.2, 0.25) is 0 Å². The lowest BCUT2D eigenvalue weighted by Gasteiger charge is -2.23. The zero-order valence-electron chi connectivity index (χ0n) is 27.9. The Morgan fingerprint density at radius 2 is 1.26 bits per heavy atom. The van der Waals surface area contributed by atoms with Gasteiger partial charge in [-0.1, -0.05) is 6.07 Å². The Labute approximate surface area is 270 Å². The standard InChI is InChI=1S/C31H49N3O12/c1-30(2,3)45-24(35)11-12-32-26(36)25(34-29(39)46-31(4,5)6)27(37)33-13-14-41-15-16-42-17-18-43-19-20-44-23-10-8-9-22(21-23)28(38)40-7/h8-10,21,25H,11-20H2,1-7H3,(H,32,36)(H,33,37)(H,34,39)/t25-/m0/s1. The molecule has 46 heavy (non-hydrogen) atoms. The van der Waals surface area contributed by atoms with Crippen LogP contribution in [-0.2, 0) is 42.8 Å². The van der Waals surface area contributed by atoms with E-state index in [0.717, 1.165) is 0 Å². The van der Waals surface area contributed by atoms with Crippen LogP contribution in [0.5, 0.6) is 5.75 Å². The van der Waals surface area contributed by atoms with Gasteiger partial charge in [-0.2, -0.15) is 0 Å². The topological polar surface area (TPSA) is 186 Å². The molecule has 0 bridgehead atoms. The Morgan fingerprint density at radius 3 is 1.83 bits per heavy atom. The maximum atomic E-state index is 12.7. The second-order valence-corrected chi connectivity index (χ2v) is 11.7. The van der Waals surface area contributed by atoms with Crippen molar-refractivity contribution in [3.63, 3.8) is 0 Å². The maximum absolute atomic E-state index is 12.7. The zero-order valence-corrected chi connectivity index (χ0v) is 27.9. The summed E-state index contributed by atoms with van der Waals surface area (Å²) >= 11 is 0. The normalized spacial score (nSPS) is 12.0. The summed E-state index contributed by atoms with van der Waals surface area (Å²) in [5.74, 6) is -2.03. The lowest BCUT2D eigenvalue weighted by atomic mass is 10.2. The van der Waals surface area contributed by atoms with Gasteiger partial charge >= 0.3 is 18.0 Å². The van der Waals surface area contributed by atoms with Crippen molar-refractivity contribution in [1.29, 1.82) is 0 Å². The number of amides is 3. The molecule has 0 radical (unpaired) electrons. The summed E-state index contributed by atoms with van der Waals surface area (Å²) in [5.41, 5.74) is -1.13. The minimum atomic E-state index is -1.60. The molecule has 1 atom stereocenters. The molecule has 0 spiro atoms. The van der Waals surface area contributed by atoms with Crippen LogP contribution in [-0.4, -0.2) is 114 Å². The molecule has 0 saturated carbocycles. The smallest absolute Gasteiger partial charge is 0.408 e. The molecule has 3 amide bonds. The number of benzene rings is 1. The Hall–Kier alpha value is -3.95. The number of hydrogen-bond acceptors (Lipinski definition) is 12. The van der Waals surface area contributed by atoms with Crippen LogP contribution in [0.3, 0.4) is 0 Å². The summed E-state index contributed by atoms with van der Waals surface area (Å²) in [6.45, 7) is 12.0. The van der Waals surface area contributed by atoms with E-state index >= 15 is 0 Å². The van der Waals surface area contributed by atoms with Gasteiger partial charge in [0, 0.05) is 13.1 Å². The first-order chi connectivity index (χ1) is 21.6. The van der Waals surface area contributed by atoms with E-state index in [-0.39, 0.29) is 39.3 Å².